The first-order chi connectivity index (χ1) is 12.5. The molecule has 5 nitrogen and oxygen atoms in total. The standard InChI is InChI=1S/C19H22ClFN4O.HI/c1-13-11-25(12-17(26-13)15-4-6-16(21)7-5-15)19(22-2)24-10-14-3-8-18(20)23-9-14;/h3-9,13,17H,10-12H2,1-2H3,(H,22,24);1H. The van der Waals surface area contributed by atoms with Crippen LogP contribution in [0, 0.1) is 5.82 Å². The van der Waals surface area contributed by atoms with Crippen molar-refractivity contribution in [1.82, 2.24) is 15.2 Å². The van der Waals surface area contributed by atoms with Gasteiger partial charge >= 0.3 is 0 Å². The lowest BCUT2D eigenvalue weighted by molar-refractivity contribution is -0.0605. The third-order valence-electron chi connectivity index (χ3n) is 4.25. The number of guanidine groups is 1. The van der Waals surface area contributed by atoms with Crippen LogP contribution in [0.4, 0.5) is 4.39 Å². The number of hydrogen-bond donors (Lipinski definition) is 1. The summed E-state index contributed by atoms with van der Waals surface area (Å²) in [5.74, 6) is 0.547. The molecule has 0 spiro atoms. The van der Waals surface area contributed by atoms with E-state index in [-0.39, 0.29) is 42.0 Å². The number of rotatable bonds is 3. The Morgan fingerprint density at radius 3 is 2.67 bits per heavy atom. The normalized spacial score (nSPS) is 20.1. The van der Waals surface area contributed by atoms with Crippen LogP contribution >= 0.6 is 35.6 Å². The van der Waals surface area contributed by atoms with E-state index in [1.54, 1.807) is 31.4 Å². The monoisotopic (exact) mass is 504 g/mol. The van der Waals surface area contributed by atoms with Crippen LogP contribution in [0.25, 0.3) is 0 Å². The summed E-state index contributed by atoms with van der Waals surface area (Å²) in [6, 6.07) is 10.2. The van der Waals surface area contributed by atoms with Gasteiger partial charge < -0.3 is 15.0 Å². The Morgan fingerprint density at radius 2 is 2.04 bits per heavy atom. The number of nitrogens with zero attached hydrogens (tertiary/aromatic N) is 3. The summed E-state index contributed by atoms with van der Waals surface area (Å²) in [4.78, 5) is 10.6. The van der Waals surface area contributed by atoms with Gasteiger partial charge in [-0.3, -0.25) is 4.99 Å². The second kappa shape index (κ2) is 10.2. The molecule has 1 N–H and O–H groups in total. The summed E-state index contributed by atoms with van der Waals surface area (Å²) >= 11 is 5.82. The van der Waals surface area contributed by atoms with Crippen LogP contribution in [0.5, 0.6) is 0 Å². The van der Waals surface area contributed by atoms with Crippen molar-refractivity contribution in [2.45, 2.75) is 25.7 Å². The molecule has 1 aliphatic heterocycles. The third kappa shape index (κ3) is 6.02. The molecule has 2 unspecified atom stereocenters. The fourth-order valence-corrected chi connectivity index (χ4v) is 3.12. The van der Waals surface area contributed by atoms with Crippen LogP contribution in [0.3, 0.4) is 0 Å². The van der Waals surface area contributed by atoms with E-state index in [0.29, 0.717) is 18.2 Å². The fourth-order valence-electron chi connectivity index (χ4n) is 3.01. The van der Waals surface area contributed by atoms with Crippen molar-refractivity contribution >= 4 is 41.5 Å². The van der Waals surface area contributed by atoms with E-state index in [1.807, 2.05) is 13.0 Å². The molecule has 1 aromatic heterocycles. The Kier molecular flexibility index (Phi) is 8.25. The molecule has 8 heteroatoms. The number of aliphatic imine (C=N–C) groups is 1. The molecule has 2 aromatic rings. The lowest BCUT2D eigenvalue weighted by Gasteiger charge is -2.38. The molecule has 0 radical (unpaired) electrons. The first kappa shape index (κ1) is 21.8. The van der Waals surface area contributed by atoms with Gasteiger partial charge in [-0.1, -0.05) is 29.8 Å². The van der Waals surface area contributed by atoms with Gasteiger partial charge in [0.05, 0.1) is 12.6 Å². The summed E-state index contributed by atoms with van der Waals surface area (Å²) < 4.78 is 19.2. The molecule has 1 saturated heterocycles. The van der Waals surface area contributed by atoms with Crippen molar-refractivity contribution in [1.29, 1.82) is 0 Å². The fraction of sp³-hybridized carbons (Fsp3) is 0.368. The molecule has 0 saturated carbocycles. The molecule has 1 fully saturated rings. The van der Waals surface area contributed by atoms with Crippen molar-refractivity contribution in [2.75, 3.05) is 20.1 Å². The van der Waals surface area contributed by atoms with Crippen molar-refractivity contribution < 1.29 is 9.13 Å². The molecule has 27 heavy (non-hydrogen) atoms. The SMILES string of the molecule is CN=C(NCc1ccc(Cl)nc1)N1CC(C)OC(c2ccc(F)cc2)C1.I. The summed E-state index contributed by atoms with van der Waals surface area (Å²) in [6.45, 7) is 4.01. The molecule has 146 valence electrons. The summed E-state index contributed by atoms with van der Waals surface area (Å²) in [7, 11) is 1.76. The highest BCUT2D eigenvalue weighted by molar-refractivity contribution is 14.0. The summed E-state index contributed by atoms with van der Waals surface area (Å²) in [5.41, 5.74) is 1.98. The molecule has 2 atom stereocenters. The zero-order valence-electron chi connectivity index (χ0n) is 15.2. The maximum atomic E-state index is 13.2. The molecule has 3 rings (SSSR count). The first-order valence-corrected chi connectivity index (χ1v) is 8.90. The van der Waals surface area contributed by atoms with Crippen LogP contribution in [0.1, 0.15) is 24.2 Å². The van der Waals surface area contributed by atoms with Crippen LogP contribution in [0.2, 0.25) is 5.15 Å². The van der Waals surface area contributed by atoms with E-state index in [4.69, 9.17) is 16.3 Å². The van der Waals surface area contributed by atoms with Gasteiger partial charge in [0.15, 0.2) is 5.96 Å². The van der Waals surface area contributed by atoms with Gasteiger partial charge in [-0.15, -0.1) is 24.0 Å². The molecule has 2 heterocycles. The van der Waals surface area contributed by atoms with Crippen molar-refractivity contribution in [3.8, 4) is 0 Å². The molecular formula is C19H23ClFIN4O. The minimum atomic E-state index is -0.247. The van der Waals surface area contributed by atoms with E-state index in [9.17, 15) is 4.39 Å². The average molecular weight is 505 g/mol. The quantitative estimate of drug-likeness (QED) is 0.297. The first-order valence-electron chi connectivity index (χ1n) is 8.52. The third-order valence-corrected chi connectivity index (χ3v) is 4.48. The van der Waals surface area contributed by atoms with Crippen LogP contribution < -0.4 is 5.32 Å². The molecular weight excluding hydrogens is 482 g/mol. The highest BCUT2D eigenvalue weighted by atomic mass is 127. The number of benzene rings is 1. The predicted octanol–water partition coefficient (Wildman–Crippen LogP) is 4.03. The maximum Gasteiger partial charge on any atom is 0.194 e. The predicted molar refractivity (Wildman–Crippen MR) is 116 cm³/mol. The number of ether oxygens (including phenoxy) is 1. The zero-order valence-corrected chi connectivity index (χ0v) is 18.3. The van der Waals surface area contributed by atoms with E-state index < -0.39 is 0 Å². The van der Waals surface area contributed by atoms with Crippen molar-refractivity contribution in [3.05, 3.63) is 64.7 Å². The van der Waals surface area contributed by atoms with Gasteiger partial charge in [0.2, 0.25) is 0 Å². The van der Waals surface area contributed by atoms with Gasteiger partial charge in [0.1, 0.15) is 17.1 Å². The molecule has 1 aliphatic rings. The van der Waals surface area contributed by atoms with Crippen molar-refractivity contribution in [3.63, 3.8) is 0 Å². The van der Waals surface area contributed by atoms with Gasteiger partial charge in [0, 0.05) is 26.3 Å². The topological polar surface area (TPSA) is 49.8 Å². The second-order valence-electron chi connectivity index (χ2n) is 6.28. The summed E-state index contributed by atoms with van der Waals surface area (Å²) in [5, 5.41) is 3.83. The van der Waals surface area contributed by atoms with Crippen LogP contribution in [0.15, 0.2) is 47.6 Å². The van der Waals surface area contributed by atoms with E-state index in [2.05, 4.69) is 20.2 Å². The maximum absolute atomic E-state index is 13.2. The van der Waals surface area contributed by atoms with Crippen molar-refractivity contribution in [2.24, 2.45) is 4.99 Å². The lowest BCUT2D eigenvalue weighted by atomic mass is 10.1. The van der Waals surface area contributed by atoms with Gasteiger partial charge in [-0.25, -0.2) is 9.37 Å². The Bertz CT molecular complexity index is 757. The second-order valence-corrected chi connectivity index (χ2v) is 6.67. The largest absolute Gasteiger partial charge is 0.367 e. The molecule has 1 aromatic carbocycles. The minimum Gasteiger partial charge on any atom is -0.367 e. The highest BCUT2D eigenvalue weighted by Crippen LogP contribution is 2.25. The number of nitrogens with one attached hydrogen (secondary N) is 1. The van der Waals surface area contributed by atoms with E-state index in [0.717, 1.165) is 23.6 Å². The Balaban J connectivity index is 0.00000261. The molecule has 0 aliphatic carbocycles. The number of halogens is 3. The number of pyridine rings is 1. The van der Waals surface area contributed by atoms with Gasteiger partial charge in [-0.05, 0) is 36.2 Å². The lowest BCUT2D eigenvalue weighted by Crippen LogP contribution is -2.50. The number of hydrogen-bond acceptors (Lipinski definition) is 3. The Hall–Kier alpha value is -1.45. The van der Waals surface area contributed by atoms with Gasteiger partial charge in [-0.2, -0.15) is 0 Å². The summed E-state index contributed by atoms with van der Waals surface area (Å²) in [6.07, 6.45) is 1.65. The van der Waals surface area contributed by atoms with Gasteiger partial charge in [0.25, 0.3) is 0 Å². The number of aromatic nitrogens is 1. The molecule has 0 amide bonds. The number of morpholine rings is 1. The Labute approximate surface area is 181 Å². The Morgan fingerprint density at radius 1 is 1.30 bits per heavy atom. The minimum absolute atomic E-state index is 0. The smallest absolute Gasteiger partial charge is 0.194 e. The van der Waals surface area contributed by atoms with Crippen LogP contribution in [-0.2, 0) is 11.3 Å². The van der Waals surface area contributed by atoms with E-state index >= 15 is 0 Å². The zero-order chi connectivity index (χ0) is 18.5. The van der Waals surface area contributed by atoms with E-state index in [1.165, 1.54) is 12.1 Å². The average Bonchev–Trinajstić information content (AvgIpc) is 2.64. The molecule has 0 bridgehead atoms. The highest BCUT2D eigenvalue weighted by Gasteiger charge is 2.28. The van der Waals surface area contributed by atoms with Crippen LogP contribution in [-0.4, -0.2) is 42.1 Å².